The van der Waals surface area contributed by atoms with Gasteiger partial charge >= 0.3 is 0 Å². The molecule has 102 valence electrons. The fourth-order valence-corrected chi connectivity index (χ4v) is 2.81. The first-order chi connectivity index (χ1) is 8.36. The molecule has 0 bridgehead atoms. The van der Waals surface area contributed by atoms with Gasteiger partial charge in [-0.05, 0) is 31.5 Å². The van der Waals surface area contributed by atoms with Crippen LogP contribution < -0.4 is 10.5 Å². The lowest BCUT2D eigenvalue weighted by molar-refractivity contribution is 0.188. The Bertz CT molecular complexity index is 505. The van der Waals surface area contributed by atoms with E-state index in [1.807, 2.05) is 0 Å². The van der Waals surface area contributed by atoms with Gasteiger partial charge in [0, 0.05) is 19.8 Å². The summed E-state index contributed by atoms with van der Waals surface area (Å²) in [6, 6.07) is 4.01. The number of nitrogen functional groups attached to an aromatic ring is 1. The van der Waals surface area contributed by atoms with Gasteiger partial charge < -0.3 is 10.5 Å². The highest BCUT2D eigenvalue weighted by Crippen LogP contribution is 2.22. The Morgan fingerprint density at radius 2 is 2.17 bits per heavy atom. The third-order valence-corrected chi connectivity index (χ3v) is 4.32. The second-order valence-electron chi connectivity index (χ2n) is 3.99. The Labute approximate surface area is 112 Å². The lowest BCUT2D eigenvalue weighted by atomic mass is 10.3. The van der Waals surface area contributed by atoms with Crippen molar-refractivity contribution in [2.75, 3.05) is 19.5 Å². The molecule has 0 heterocycles. The van der Waals surface area contributed by atoms with Crippen LogP contribution in [-0.4, -0.2) is 28.2 Å². The highest BCUT2D eigenvalue weighted by Gasteiger charge is 2.17. The molecule has 0 aliphatic heterocycles. The Kier molecular flexibility index (Phi) is 5.40. The van der Waals surface area contributed by atoms with Gasteiger partial charge in [-0.3, -0.25) is 0 Å². The molecule has 7 heteroatoms. The average molecular weight is 293 g/mol. The lowest BCUT2D eigenvalue weighted by Gasteiger charge is -2.14. The molecule has 1 rings (SSSR count). The third kappa shape index (κ3) is 4.13. The molecule has 0 radical (unpaired) electrons. The number of hydrogen-bond acceptors (Lipinski definition) is 4. The van der Waals surface area contributed by atoms with Crippen LogP contribution >= 0.6 is 11.6 Å². The summed E-state index contributed by atoms with van der Waals surface area (Å²) >= 11 is 5.75. The maximum Gasteiger partial charge on any atom is 0.240 e. The second kappa shape index (κ2) is 6.38. The zero-order chi connectivity index (χ0) is 13.8. The summed E-state index contributed by atoms with van der Waals surface area (Å²) in [5.41, 5.74) is 5.82. The first-order valence-electron chi connectivity index (χ1n) is 5.43. The molecule has 18 heavy (non-hydrogen) atoms. The van der Waals surface area contributed by atoms with E-state index in [1.165, 1.54) is 18.2 Å². The molecule has 1 aromatic carbocycles. The van der Waals surface area contributed by atoms with E-state index in [2.05, 4.69) is 4.72 Å². The van der Waals surface area contributed by atoms with Crippen molar-refractivity contribution in [2.24, 2.45) is 0 Å². The first-order valence-corrected chi connectivity index (χ1v) is 7.29. The van der Waals surface area contributed by atoms with Gasteiger partial charge in [0.15, 0.2) is 0 Å². The van der Waals surface area contributed by atoms with Crippen molar-refractivity contribution in [3.05, 3.63) is 23.2 Å². The molecule has 0 aromatic heterocycles. The van der Waals surface area contributed by atoms with E-state index in [1.54, 1.807) is 14.0 Å². The summed E-state index contributed by atoms with van der Waals surface area (Å²) in [7, 11) is -2.00. The van der Waals surface area contributed by atoms with Crippen LogP contribution in [0, 0.1) is 0 Å². The molecule has 0 amide bonds. The van der Waals surface area contributed by atoms with E-state index in [0.717, 1.165) is 0 Å². The molecule has 5 nitrogen and oxygen atoms in total. The molecule has 0 fully saturated rings. The highest BCUT2D eigenvalue weighted by molar-refractivity contribution is 7.89. The van der Waals surface area contributed by atoms with Crippen molar-refractivity contribution in [3.63, 3.8) is 0 Å². The van der Waals surface area contributed by atoms with Crippen molar-refractivity contribution in [1.82, 2.24) is 4.72 Å². The van der Waals surface area contributed by atoms with Gasteiger partial charge in [0.05, 0.1) is 15.6 Å². The van der Waals surface area contributed by atoms with Crippen molar-refractivity contribution in [3.8, 4) is 0 Å². The van der Waals surface area contributed by atoms with Crippen LogP contribution in [0.1, 0.15) is 13.3 Å². The Morgan fingerprint density at radius 1 is 1.50 bits per heavy atom. The summed E-state index contributed by atoms with van der Waals surface area (Å²) in [5.74, 6) is 0. The summed E-state index contributed by atoms with van der Waals surface area (Å²) < 4.78 is 31.5. The van der Waals surface area contributed by atoms with E-state index < -0.39 is 10.0 Å². The van der Waals surface area contributed by atoms with Gasteiger partial charge in [-0.25, -0.2) is 13.1 Å². The Hall–Kier alpha value is -0.820. The van der Waals surface area contributed by atoms with Crippen LogP contribution in [0.5, 0.6) is 0 Å². The normalized spacial score (nSPS) is 13.5. The van der Waals surface area contributed by atoms with Gasteiger partial charge in [-0.15, -0.1) is 0 Å². The smallest absolute Gasteiger partial charge is 0.240 e. The Balaban J connectivity index is 2.83. The van der Waals surface area contributed by atoms with Crippen LogP contribution in [0.3, 0.4) is 0 Å². The summed E-state index contributed by atoms with van der Waals surface area (Å²) in [5, 5.41) is 0.335. The second-order valence-corrected chi connectivity index (χ2v) is 6.11. The molecule has 1 aromatic rings. The van der Waals surface area contributed by atoms with Crippen LogP contribution in [0.15, 0.2) is 23.1 Å². The first kappa shape index (κ1) is 15.2. The molecule has 0 aliphatic carbocycles. The summed E-state index contributed by atoms with van der Waals surface area (Å²) in [6.07, 6.45) is 0.596. The van der Waals surface area contributed by atoms with Gasteiger partial charge in [0.25, 0.3) is 0 Å². The lowest BCUT2D eigenvalue weighted by Crippen LogP contribution is -2.33. The van der Waals surface area contributed by atoms with E-state index in [0.29, 0.717) is 18.1 Å². The quantitative estimate of drug-likeness (QED) is 0.781. The number of rotatable bonds is 6. The Morgan fingerprint density at radius 3 is 2.72 bits per heavy atom. The standard InChI is InChI=1S/C11H17ClN2O3S/c1-8(5-6-17-2)14-18(15,16)9-3-4-10(12)11(13)7-9/h3-4,7-8,14H,5-6,13H2,1-2H3. The number of halogens is 1. The third-order valence-electron chi connectivity index (χ3n) is 2.39. The minimum absolute atomic E-state index is 0.105. The number of ether oxygens (including phenoxy) is 1. The maximum absolute atomic E-state index is 12.0. The number of hydrogen-bond donors (Lipinski definition) is 2. The molecular formula is C11H17ClN2O3S. The number of anilines is 1. The maximum atomic E-state index is 12.0. The SMILES string of the molecule is COCCC(C)NS(=O)(=O)c1ccc(Cl)c(N)c1. The molecular weight excluding hydrogens is 276 g/mol. The van der Waals surface area contributed by atoms with Crippen LogP contribution in [0.4, 0.5) is 5.69 Å². The molecule has 3 N–H and O–H groups in total. The van der Waals surface area contributed by atoms with Crippen molar-refractivity contribution in [2.45, 2.75) is 24.3 Å². The number of nitrogens with one attached hydrogen (secondary N) is 1. The predicted molar refractivity (Wildman–Crippen MR) is 72.1 cm³/mol. The summed E-state index contributed by atoms with van der Waals surface area (Å²) in [4.78, 5) is 0.105. The van der Waals surface area contributed by atoms with Crippen LogP contribution in [0.25, 0.3) is 0 Å². The van der Waals surface area contributed by atoms with Gasteiger partial charge in [-0.1, -0.05) is 11.6 Å². The van der Waals surface area contributed by atoms with Crippen LogP contribution in [-0.2, 0) is 14.8 Å². The molecule has 1 atom stereocenters. The molecule has 0 spiro atoms. The van der Waals surface area contributed by atoms with E-state index in [9.17, 15) is 8.42 Å². The summed E-state index contributed by atoms with van der Waals surface area (Å²) in [6.45, 7) is 2.27. The molecule has 0 saturated carbocycles. The highest BCUT2D eigenvalue weighted by atomic mass is 35.5. The monoisotopic (exact) mass is 292 g/mol. The van der Waals surface area contributed by atoms with E-state index in [4.69, 9.17) is 22.1 Å². The number of sulfonamides is 1. The minimum Gasteiger partial charge on any atom is -0.397 e. The van der Waals surface area contributed by atoms with E-state index in [-0.39, 0.29) is 16.6 Å². The predicted octanol–water partition coefficient (Wildman–Crippen LogP) is 1.63. The van der Waals surface area contributed by atoms with Crippen LogP contribution in [0.2, 0.25) is 5.02 Å². The van der Waals surface area contributed by atoms with Gasteiger partial charge in [-0.2, -0.15) is 0 Å². The van der Waals surface area contributed by atoms with Gasteiger partial charge in [0.1, 0.15) is 0 Å². The topological polar surface area (TPSA) is 81.4 Å². The van der Waals surface area contributed by atoms with Gasteiger partial charge in [0.2, 0.25) is 10.0 Å². The van der Waals surface area contributed by atoms with E-state index >= 15 is 0 Å². The molecule has 0 saturated heterocycles. The number of benzene rings is 1. The van der Waals surface area contributed by atoms with Crippen molar-refractivity contribution >= 4 is 27.3 Å². The average Bonchev–Trinajstić information content (AvgIpc) is 2.29. The molecule has 0 aliphatic rings. The fraction of sp³-hybridized carbons (Fsp3) is 0.455. The largest absolute Gasteiger partial charge is 0.397 e. The number of methoxy groups -OCH3 is 1. The molecule has 1 unspecified atom stereocenters. The zero-order valence-electron chi connectivity index (χ0n) is 10.3. The fourth-order valence-electron chi connectivity index (χ4n) is 1.38. The van der Waals surface area contributed by atoms with Crippen molar-refractivity contribution < 1.29 is 13.2 Å². The zero-order valence-corrected chi connectivity index (χ0v) is 11.9. The minimum atomic E-state index is -3.57. The van der Waals surface area contributed by atoms with Crippen molar-refractivity contribution in [1.29, 1.82) is 0 Å². The number of nitrogens with two attached hydrogens (primary N) is 1.